The second-order valence-corrected chi connectivity index (χ2v) is 6.29. The summed E-state index contributed by atoms with van der Waals surface area (Å²) >= 11 is 1.89. The van der Waals surface area contributed by atoms with E-state index in [0.29, 0.717) is 0 Å². The van der Waals surface area contributed by atoms with Crippen LogP contribution in [0.4, 0.5) is 24.0 Å². The standard InChI is InChI=1S/C10H6F3N2S.C3H6O2.Na/c11-10(12,13)8-6-16-9(15-8)14-7-4-2-1-3-5-7;1-2-3(4)5;/h2-6H,(H,14,15);2H2,1H3,(H,4,5);. The number of alkyl halides is 3. The first-order chi connectivity index (χ1) is 10.2. The Morgan fingerprint density at radius 2 is 1.91 bits per heavy atom. The number of nitrogens with one attached hydrogen (secondary N) is 1. The number of carbonyl (C=O) groups is 1. The van der Waals surface area contributed by atoms with Crippen LogP contribution < -0.4 is 8.13 Å². The molecule has 0 spiro atoms. The number of carboxylic acids is 1. The Morgan fingerprint density at radius 3 is 2.32 bits per heavy atom. The third-order valence-corrected chi connectivity index (χ3v) is 3.82. The Balaban J connectivity index is 0.000000422. The van der Waals surface area contributed by atoms with Gasteiger partial charge >= 0.3 is 124 Å². The topological polar surface area (TPSA) is 62.2 Å². The molecule has 1 aromatic carbocycles. The molecule has 0 aliphatic heterocycles. The Morgan fingerprint density at radius 1 is 1.36 bits per heavy atom. The van der Waals surface area contributed by atoms with E-state index in [-0.39, 0.29) is 11.6 Å². The number of hydrogen-bond donors (Lipinski definition) is 2. The van der Waals surface area contributed by atoms with Crippen molar-refractivity contribution in [2.75, 3.05) is 5.32 Å². The monoisotopic (exact) mass is 340 g/mol. The Bertz CT molecular complexity index is 614. The molecular weight excluding hydrogens is 328 g/mol. The summed E-state index contributed by atoms with van der Waals surface area (Å²) in [5, 5.41) is 11.8. The van der Waals surface area contributed by atoms with Crippen molar-refractivity contribution in [1.29, 1.82) is 0 Å². The fourth-order valence-electron chi connectivity index (χ4n) is 1.22. The summed E-state index contributed by atoms with van der Waals surface area (Å²) in [6.45, 7) is 1.60. The van der Waals surface area contributed by atoms with E-state index >= 15 is 0 Å². The van der Waals surface area contributed by atoms with Gasteiger partial charge in [-0.15, -0.1) is 0 Å². The number of benzene rings is 1. The van der Waals surface area contributed by atoms with Gasteiger partial charge in [-0.2, -0.15) is 0 Å². The maximum absolute atomic E-state index is 12.3. The van der Waals surface area contributed by atoms with Crippen LogP contribution in [0.15, 0.2) is 29.6 Å². The molecule has 0 fully saturated rings. The van der Waals surface area contributed by atoms with E-state index in [1.807, 2.05) is 24.3 Å². The van der Waals surface area contributed by atoms with Gasteiger partial charge in [-0.3, -0.25) is 4.79 Å². The third kappa shape index (κ3) is 6.78. The first-order valence-electron chi connectivity index (χ1n) is 6.30. The summed E-state index contributed by atoms with van der Waals surface area (Å²) in [6, 6.07) is 7.54. The number of aliphatic carboxylic acids is 1. The van der Waals surface area contributed by atoms with Crippen LogP contribution in [0.1, 0.15) is 19.0 Å². The molecule has 4 nitrogen and oxygen atoms in total. The number of anilines is 2. The molecule has 0 unspecified atom stereocenters. The molecule has 9 heteroatoms. The molecule has 0 saturated heterocycles. The Labute approximate surface area is 146 Å². The van der Waals surface area contributed by atoms with Gasteiger partial charge in [-0.05, 0) is 0 Å². The van der Waals surface area contributed by atoms with Crippen LogP contribution in [0.5, 0.6) is 0 Å². The SMILES string of the molecule is CCC(=O)O.FC(F)(F)c1csc(Nc2cc[c]([Na])cc2)n1. The van der Waals surface area contributed by atoms with E-state index in [4.69, 9.17) is 5.11 Å². The van der Waals surface area contributed by atoms with Crippen LogP contribution in [0.25, 0.3) is 0 Å². The molecule has 22 heavy (non-hydrogen) atoms. The van der Waals surface area contributed by atoms with Crippen LogP contribution >= 0.6 is 11.3 Å². The summed E-state index contributed by atoms with van der Waals surface area (Å²) in [6.07, 6.45) is -4.16. The zero-order chi connectivity index (χ0) is 16.8. The number of halogens is 3. The van der Waals surface area contributed by atoms with E-state index in [1.165, 1.54) is 2.81 Å². The van der Waals surface area contributed by atoms with Crippen molar-refractivity contribution in [3.05, 3.63) is 35.3 Å². The van der Waals surface area contributed by atoms with Crippen LogP contribution in [-0.2, 0) is 11.0 Å². The molecule has 0 bridgehead atoms. The fraction of sp³-hybridized carbons (Fsp3) is 0.231. The van der Waals surface area contributed by atoms with Gasteiger partial charge in [0, 0.05) is 6.42 Å². The molecule has 0 saturated carbocycles. The number of hydrogen-bond acceptors (Lipinski definition) is 4. The summed E-state index contributed by atoms with van der Waals surface area (Å²) in [5.74, 6) is -0.745. The molecule has 0 aliphatic rings. The molecule has 0 amide bonds. The summed E-state index contributed by atoms with van der Waals surface area (Å²) in [4.78, 5) is 12.9. The van der Waals surface area contributed by atoms with Gasteiger partial charge in [0.2, 0.25) is 0 Å². The first-order valence-corrected chi connectivity index (χ1v) is 8.18. The van der Waals surface area contributed by atoms with E-state index < -0.39 is 17.8 Å². The zero-order valence-corrected chi connectivity index (χ0v) is 14.8. The number of nitrogens with zero attached hydrogens (tertiary/aromatic N) is 1. The van der Waals surface area contributed by atoms with Crippen molar-refractivity contribution in [2.24, 2.45) is 0 Å². The summed E-state index contributed by atoms with van der Waals surface area (Å²) in [7, 11) is 0. The van der Waals surface area contributed by atoms with Crippen molar-refractivity contribution in [3.63, 3.8) is 0 Å². The summed E-state index contributed by atoms with van der Waals surface area (Å²) in [5.41, 5.74) is -0.114. The number of carboxylic acid groups (broad SMARTS) is 1. The average molecular weight is 340 g/mol. The molecule has 1 heterocycles. The molecule has 2 N–H and O–H groups in total. The van der Waals surface area contributed by atoms with Gasteiger partial charge in [-0.1, -0.05) is 6.92 Å². The van der Waals surface area contributed by atoms with Gasteiger partial charge in [-0.25, -0.2) is 0 Å². The van der Waals surface area contributed by atoms with E-state index in [1.54, 1.807) is 6.92 Å². The van der Waals surface area contributed by atoms with Crippen molar-refractivity contribution >= 4 is 58.9 Å². The predicted octanol–water partition coefficient (Wildman–Crippen LogP) is 3.18. The molecule has 114 valence electrons. The molecule has 0 atom stereocenters. The van der Waals surface area contributed by atoms with Crippen LogP contribution in [0, 0.1) is 0 Å². The van der Waals surface area contributed by atoms with E-state index in [0.717, 1.165) is 50.3 Å². The predicted molar refractivity (Wildman–Crippen MR) is 80.2 cm³/mol. The van der Waals surface area contributed by atoms with Crippen LogP contribution in [0.2, 0.25) is 0 Å². The minimum atomic E-state index is -4.38. The molecule has 2 rings (SSSR count). The van der Waals surface area contributed by atoms with Gasteiger partial charge in [0.25, 0.3) is 0 Å². The van der Waals surface area contributed by atoms with Gasteiger partial charge < -0.3 is 5.11 Å². The second kappa shape index (κ2) is 8.52. The van der Waals surface area contributed by atoms with E-state index in [2.05, 4.69) is 10.3 Å². The Kier molecular flexibility index (Phi) is 7.34. The summed E-state index contributed by atoms with van der Waals surface area (Å²) < 4.78 is 38.2. The zero-order valence-electron chi connectivity index (χ0n) is 11.9. The fourth-order valence-corrected chi connectivity index (χ4v) is 2.29. The maximum atomic E-state index is 12.3. The van der Waals surface area contributed by atoms with Crippen molar-refractivity contribution in [2.45, 2.75) is 19.5 Å². The molecular formula is C13H12F3N2NaO2S. The second-order valence-electron chi connectivity index (χ2n) is 4.27. The number of thiazole rings is 1. The van der Waals surface area contributed by atoms with Gasteiger partial charge in [0.15, 0.2) is 0 Å². The average Bonchev–Trinajstić information content (AvgIpc) is 2.90. The Hall–Kier alpha value is -1.09. The minimum absolute atomic E-state index is 0.222. The first kappa shape index (κ1) is 19.0. The molecule has 0 aliphatic carbocycles. The van der Waals surface area contributed by atoms with Crippen LogP contribution in [0.3, 0.4) is 0 Å². The molecule has 1 aromatic heterocycles. The van der Waals surface area contributed by atoms with Crippen LogP contribution in [-0.4, -0.2) is 44.0 Å². The van der Waals surface area contributed by atoms with Crippen molar-refractivity contribution in [3.8, 4) is 0 Å². The number of aromatic nitrogens is 1. The van der Waals surface area contributed by atoms with Gasteiger partial charge in [0.05, 0.1) is 0 Å². The molecule has 2 aromatic rings. The molecule has 0 radical (unpaired) electrons. The quantitative estimate of drug-likeness (QED) is 0.843. The van der Waals surface area contributed by atoms with E-state index in [9.17, 15) is 18.0 Å². The van der Waals surface area contributed by atoms with Crippen molar-refractivity contribution < 1.29 is 23.1 Å². The third-order valence-electron chi connectivity index (χ3n) is 2.40. The number of rotatable bonds is 3. The van der Waals surface area contributed by atoms with Crippen molar-refractivity contribution in [1.82, 2.24) is 4.98 Å². The van der Waals surface area contributed by atoms with Gasteiger partial charge in [0.1, 0.15) is 0 Å². The normalized spacial score (nSPS) is 10.6.